The van der Waals surface area contributed by atoms with Crippen molar-refractivity contribution in [2.45, 2.75) is 77.2 Å². The number of anilines is 1. The number of halogens is 1. The number of carbonyl (C=O) groups excluding carboxylic acids is 1. The first-order chi connectivity index (χ1) is 18.6. The van der Waals surface area contributed by atoms with Crippen molar-refractivity contribution in [2.24, 2.45) is 5.92 Å². The van der Waals surface area contributed by atoms with E-state index in [1.54, 1.807) is 0 Å². The third-order valence-corrected chi connectivity index (χ3v) is 7.69. The lowest BCUT2D eigenvalue weighted by Gasteiger charge is -2.34. The molecule has 0 radical (unpaired) electrons. The van der Waals surface area contributed by atoms with E-state index >= 15 is 0 Å². The van der Waals surface area contributed by atoms with Crippen LogP contribution >= 0.6 is 11.6 Å². The minimum atomic E-state index is -0.121. The number of esters is 1. The molecule has 0 spiro atoms. The van der Waals surface area contributed by atoms with E-state index in [1.807, 2.05) is 36.4 Å². The molecule has 0 aliphatic carbocycles. The summed E-state index contributed by atoms with van der Waals surface area (Å²) in [5, 5.41) is 4.23. The Morgan fingerprint density at radius 2 is 1.76 bits per heavy atom. The van der Waals surface area contributed by atoms with Gasteiger partial charge in [0.05, 0.1) is 5.69 Å². The number of fused-ring (bicyclic) bond motifs is 1. The Kier molecular flexibility index (Phi) is 11.4. The van der Waals surface area contributed by atoms with Crippen molar-refractivity contribution in [3.63, 3.8) is 0 Å². The van der Waals surface area contributed by atoms with E-state index in [9.17, 15) is 4.79 Å². The molecule has 2 heterocycles. The lowest BCUT2D eigenvalue weighted by molar-refractivity contribution is -0.134. The maximum atomic E-state index is 12.5. The maximum Gasteiger partial charge on any atom is 0.311 e. The summed E-state index contributed by atoms with van der Waals surface area (Å²) in [7, 11) is 0. The Bertz CT molecular complexity index is 1010. The minimum Gasteiger partial charge on any atom is -0.486 e. The lowest BCUT2D eigenvalue weighted by atomic mass is 9.96. The Morgan fingerprint density at radius 3 is 2.58 bits per heavy atom. The first-order valence-electron chi connectivity index (χ1n) is 14.5. The van der Waals surface area contributed by atoms with Crippen LogP contribution in [-0.2, 0) is 4.79 Å². The van der Waals surface area contributed by atoms with Crippen LogP contribution in [0.4, 0.5) is 5.69 Å². The van der Waals surface area contributed by atoms with Gasteiger partial charge in [-0.15, -0.1) is 0 Å². The number of carbonyl (C=O) groups is 1. The Labute approximate surface area is 233 Å². The summed E-state index contributed by atoms with van der Waals surface area (Å²) in [6.45, 7) is 6.36. The molecule has 0 saturated carbocycles. The van der Waals surface area contributed by atoms with Gasteiger partial charge in [0, 0.05) is 37.1 Å². The SMILES string of the molecule is CCCCCCCCCC(=O)Oc1ccccc1N1CCC(CNCC2COc3ccc(Cl)cc3O2)CC1. The van der Waals surface area contributed by atoms with Crippen molar-refractivity contribution in [1.29, 1.82) is 0 Å². The number of nitrogens with one attached hydrogen (secondary N) is 1. The number of piperidine rings is 1. The molecule has 2 aliphatic heterocycles. The molecule has 1 fully saturated rings. The van der Waals surface area contributed by atoms with Gasteiger partial charge in [0.25, 0.3) is 0 Å². The van der Waals surface area contributed by atoms with Gasteiger partial charge in [-0.25, -0.2) is 0 Å². The predicted molar refractivity (Wildman–Crippen MR) is 154 cm³/mol. The van der Waals surface area contributed by atoms with Gasteiger partial charge in [-0.3, -0.25) is 4.79 Å². The summed E-state index contributed by atoms with van der Waals surface area (Å²) in [6, 6.07) is 13.4. The molecule has 4 rings (SSSR count). The normalized spacial score (nSPS) is 17.4. The number of unbranched alkanes of at least 4 members (excludes halogenated alkanes) is 6. The summed E-state index contributed by atoms with van der Waals surface area (Å²) < 4.78 is 17.7. The fraction of sp³-hybridized carbons (Fsp3) is 0.581. The lowest BCUT2D eigenvalue weighted by Crippen LogP contribution is -2.42. The molecule has 0 amide bonds. The molecular formula is C31H43ClN2O4. The number of nitrogens with zero attached hydrogens (tertiary/aromatic N) is 1. The molecule has 208 valence electrons. The van der Waals surface area contributed by atoms with E-state index in [4.69, 9.17) is 25.8 Å². The molecule has 0 aromatic heterocycles. The number of benzene rings is 2. The van der Waals surface area contributed by atoms with Gasteiger partial charge in [0.15, 0.2) is 17.2 Å². The van der Waals surface area contributed by atoms with Gasteiger partial charge in [0.1, 0.15) is 12.7 Å². The zero-order valence-corrected chi connectivity index (χ0v) is 23.5. The van der Waals surface area contributed by atoms with Crippen LogP contribution in [-0.4, -0.2) is 44.9 Å². The molecular weight excluding hydrogens is 500 g/mol. The van der Waals surface area contributed by atoms with E-state index in [1.165, 1.54) is 32.1 Å². The van der Waals surface area contributed by atoms with E-state index in [-0.39, 0.29) is 12.1 Å². The van der Waals surface area contributed by atoms with Gasteiger partial charge in [-0.05, 0) is 56.0 Å². The average Bonchev–Trinajstić information content (AvgIpc) is 2.93. The molecule has 2 aromatic rings. The second-order valence-corrected chi connectivity index (χ2v) is 11.0. The monoisotopic (exact) mass is 542 g/mol. The third-order valence-electron chi connectivity index (χ3n) is 7.46. The summed E-state index contributed by atoms with van der Waals surface area (Å²) in [5.74, 6) is 2.63. The van der Waals surface area contributed by atoms with Crippen molar-refractivity contribution in [2.75, 3.05) is 37.7 Å². The van der Waals surface area contributed by atoms with E-state index in [0.29, 0.717) is 35.5 Å². The smallest absolute Gasteiger partial charge is 0.311 e. The van der Waals surface area contributed by atoms with Gasteiger partial charge in [-0.1, -0.05) is 69.2 Å². The van der Waals surface area contributed by atoms with Crippen LogP contribution < -0.4 is 24.4 Å². The van der Waals surface area contributed by atoms with Crippen molar-refractivity contribution >= 4 is 23.3 Å². The molecule has 38 heavy (non-hydrogen) atoms. The number of hydrogen-bond donors (Lipinski definition) is 1. The highest BCUT2D eigenvalue weighted by Gasteiger charge is 2.24. The van der Waals surface area contributed by atoms with Crippen LogP contribution in [0.3, 0.4) is 0 Å². The molecule has 2 aliphatic rings. The van der Waals surface area contributed by atoms with E-state index in [2.05, 4.69) is 23.2 Å². The first kappa shape index (κ1) is 28.6. The summed E-state index contributed by atoms with van der Waals surface area (Å²) >= 11 is 6.08. The summed E-state index contributed by atoms with van der Waals surface area (Å²) in [5.41, 5.74) is 1.02. The fourth-order valence-corrected chi connectivity index (χ4v) is 5.38. The van der Waals surface area contributed by atoms with Crippen LogP contribution in [0.15, 0.2) is 42.5 Å². The van der Waals surface area contributed by atoms with Gasteiger partial charge in [0.2, 0.25) is 0 Å². The molecule has 1 unspecified atom stereocenters. The zero-order valence-electron chi connectivity index (χ0n) is 22.8. The largest absolute Gasteiger partial charge is 0.486 e. The van der Waals surface area contributed by atoms with Gasteiger partial charge >= 0.3 is 5.97 Å². The van der Waals surface area contributed by atoms with Gasteiger partial charge in [-0.2, -0.15) is 0 Å². The molecule has 1 N–H and O–H groups in total. The molecule has 7 heteroatoms. The second kappa shape index (κ2) is 15.2. The maximum absolute atomic E-state index is 12.5. The predicted octanol–water partition coefficient (Wildman–Crippen LogP) is 7.03. The standard InChI is InChI=1S/C31H43ClN2O4/c1-2-3-4-5-6-7-8-13-31(35)38-28-12-10-9-11-27(28)34-18-16-24(17-19-34)21-33-22-26-23-36-29-15-14-25(32)20-30(29)37-26/h9-12,14-15,20,24,26,33H,2-8,13,16-19,21-23H2,1H3. The zero-order chi connectivity index (χ0) is 26.6. The molecule has 0 bridgehead atoms. The van der Waals surface area contributed by atoms with Crippen molar-refractivity contribution in [1.82, 2.24) is 5.32 Å². The number of rotatable bonds is 14. The van der Waals surface area contributed by atoms with Gasteiger partial charge < -0.3 is 24.4 Å². The average molecular weight is 543 g/mol. The summed E-state index contributed by atoms with van der Waals surface area (Å²) in [4.78, 5) is 14.8. The molecule has 1 saturated heterocycles. The topological polar surface area (TPSA) is 60.0 Å². The highest BCUT2D eigenvalue weighted by Crippen LogP contribution is 2.34. The molecule has 2 aromatic carbocycles. The highest BCUT2D eigenvalue weighted by molar-refractivity contribution is 6.30. The third kappa shape index (κ3) is 8.81. The molecule has 6 nitrogen and oxygen atoms in total. The quantitative estimate of drug-likeness (QED) is 0.157. The fourth-order valence-electron chi connectivity index (χ4n) is 5.22. The Morgan fingerprint density at radius 1 is 1.00 bits per heavy atom. The van der Waals surface area contributed by atoms with Crippen molar-refractivity contribution < 1.29 is 19.0 Å². The van der Waals surface area contributed by atoms with E-state index in [0.717, 1.165) is 63.3 Å². The molecule has 1 atom stereocenters. The number of para-hydroxylation sites is 2. The van der Waals surface area contributed by atoms with Crippen LogP contribution in [0.1, 0.15) is 71.1 Å². The Balaban J connectivity index is 1.15. The Hall–Kier alpha value is -2.44. The van der Waals surface area contributed by atoms with Crippen LogP contribution in [0, 0.1) is 5.92 Å². The van der Waals surface area contributed by atoms with Crippen LogP contribution in [0.5, 0.6) is 17.2 Å². The van der Waals surface area contributed by atoms with Crippen LogP contribution in [0.2, 0.25) is 5.02 Å². The van der Waals surface area contributed by atoms with E-state index < -0.39 is 0 Å². The minimum absolute atomic E-state index is 0.0244. The van der Waals surface area contributed by atoms with Crippen LogP contribution in [0.25, 0.3) is 0 Å². The number of ether oxygens (including phenoxy) is 3. The van der Waals surface area contributed by atoms with Crippen molar-refractivity contribution in [3.8, 4) is 17.2 Å². The number of hydrogen-bond acceptors (Lipinski definition) is 6. The first-order valence-corrected chi connectivity index (χ1v) is 14.8. The highest BCUT2D eigenvalue weighted by atomic mass is 35.5. The second-order valence-electron chi connectivity index (χ2n) is 10.5. The van der Waals surface area contributed by atoms with Crippen molar-refractivity contribution in [3.05, 3.63) is 47.5 Å². The summed E-state index contributed by atoms with van der Waals surface area (Å²) in [6.07, 6.45) is 11.0.